The molecule has 4 rings (SSSR count). The summed E-state index contributed by atoms with van der Waals surface area (Å²) in [5, 5.41) is 3.74. The molecule has 3 heteroatoms. The second kappa shape index (κ2) is 8.05. The fourth-order valence-electron chi connectivity index (χ4n) is 4.65. The minimum Gasteiger partial charge on any atom is -0.322 e. The summed E-state index contributed by atoms with van der Waals surface area (Å²) in [4.78, 5) is 15.2. The maximum Gasteiger partial charge on any atom is 0.227 e. The van der Waals surface area contributed by atoms with E-state index in [1.54, 1.807) is 0 Å². The van der Waals surface area contributed by atoms with E-state index in [0.29, 0.717) is 11.8 Å². The minimum atomic E-state index is 0.178. The van der Waals surface area contributed by atoms with Gasteiger partial charge in [0.2, 0.25) is 5.91 Å². The third-order valence-corrected chi connectivity index (χ3v) is 5.97. The molecule has 0 aromatic heterocycles. The van der Waals surface area contributed by atoms with E-state index in [-0.39, 0.29) is 12.1 Å². The Labute approximate surface area is 156 Å². The molecule has 0 radical (unpaired) electrons. The van der Waals surface area contributed by atoms with Crippen LogP contribution in [0.1, 0.15) is 36.8 Å². The lowest BCUT2D eigenvalue weighted by molar-refractivity contribution is -0.133. The number of benzene rings is 2. The first-order valence-corrected chi connectivity index (χ1v) is 9.94. The van der Waals surface area contributed by atoms with Crippen molar-refractivity contribution in [1.82, 2.24) is 10.2 Å². The van der Waals surface area contributed by atoms with E-state index in [0.717, 1.165) is 25.9 Å². The number of hydrogen-bond acceptors (Lipinski definition) is 2. The third-order valence-electron chi connectivity index (χ3n) is 5.97. The van der Waals surface area contributed by atoms with Gasteiger partial charge in [0.1, 0.15) is 0 Å². The molecule has 1 aliphatic carbocycles. The molecule has 1 amide bonds. The lowest BCUT2D eigenvalue weighted by atomic mass is 9.80. The molecule has 1 aliphatic heterocycles. The van der Waals surface area contributed by atoms with E-state index in [4.69, 9.17) is 0 Å². The topological polar surface area (TPSA) is 32.3 Å². The maximum atomic E-state index is 13.1. The monoisotopic (exact) mass is 348 g/mol. The molecule has 1 saturated carbocycles. The number of likely N-dealkylation sites (tertiary alicyclic amines) is 1. The van der Waals surface area contributed by atoms with Crippen LogP contribution in [-0.4, -0.2) is 23.5 Å². The average Bonchev–Trinajstić information content (AvgIpc) is 2.96. The van der Waals surface area contributed by atoms with Crippen molar-refractivity contribution in [1.29, 1.82) is 0 Å². The Balaban J connectivity index is 1.47. The number of carbonyl (C=O) groups is 1. The largest absolute Gasteiger partial charge is 0.322 e. The predicted octanol–water partition coefficient (Wildman–Crippen LogP) is 3.99. The van der Waals surface area contributed by atoms with Gasteiger partial charge in [-0.15, -0.1) is 0 Å². The van der Waals surface area contributed by atoms with Crippen LogP contribution < -0.4 is 5.32 Å². The predicted molar refractivity (Wildman–Crippen MR) is 104 cm³/mol. The molecule has 1 saturated heterocycles. The Morgan fingerprint density at radius 2 is 1.54 bits per heavy atom. The van der Waals surface area contributed by atoms with Gasteiger partial charge in [0.15, 0.2) is 0 Å². The van der Waals surface area contributed by atoms with Crippen molar-refractivity contribution in [2.75, 3.05) is 6.54 Å². The Bertz CT molecular complexity index is 716. The average molecular weight is 348 g/mol. The van der Waals surface area contributed by atoms with Crippen molar-refractivity contribution >= 4 is 5.91 Å². The molecule has 2 aromatic rings. The van der Waals surface area contributed by atoms with Gasteiger partial charge >= 0.3 is 0 Å². The first kappa shape index (κ1) is 17.3. The van der Waals surface area contributed by atoms with Gasteiger partial charge in [-0.3, -0.25) is 10.1 Å². The number of rotatable bonds is 6. The minimum absolute atomic E-state index is 0.178. The molecule has 136 valence electrons. The summed E-state index contributed by atoms with van der Waals surface area (Å²) < 4.78 is 0. The first-order chi connectivity index (χ1) is 12.8. The van der Waals surface area contributed by atoms with E-state index in [1.807, 2.05) is 6.07 Å². The number of fused-ring (bicyclic) bond motifs is 1. The van der Waals surface area contributed by atoms with Crippen LogP contribution in [0.3, 0.4) is 0 Å². The summed E-state index contributed by atoms with van der Waals surface area (Å²) in [7, 11) is 0. The molecular weight excluding hydrogens is 320 g/mol. The highest BCUT2D eigenvalue weighted by Gasteiger charge is 2.48. The van der Waals surface area contributed by atoms with E-state index >= 15 is 0 Å². The number of nitrogens with zero attached hydrogens (tertiary/aromatic N) is 1. The summed E-state index contributed by atoms with van der Waals surface area (Å²) >= 11 is 0. The smallest absolute Gasteiger partial charge is 0.227 e. The Kier molecular flexibility index (Phi) is 5.35. The molecular formula is C23H28N2O. The fourth-order valence-corrected chi connectivity index (χ4v) is 4.65. The van der Waals surface area contributed by atoms with Crippen LogP contribution in [0.5, 0.6) is 0 Å². The molecule has 0 bridgehead atoms. The fraction of sp³-hybridized carbons (Fsp3) is 0.435. The van der Waals surface area contributed by atoms with Crippen LogP contribution in [0, 0.1) is 11.8 Å². The Morgan fingerprint density at radius 3 is 2.27 bits per heavy atom. The number of nitrogens with one attached hydrogen (secondary N) is 1. The van der Waals surface area contributed by atoms with Crippen LogP contribution in [-0.2, 0) is 17.8 Å². The van der Waals surface area contributed by atoms with Gasteiger partial charge < -0.3 is 4.90 Å². The van der Waals surface area contributed by atoms with Crippen LogP contribution in [0.2, 0.25) is 0 Å². The third kappa shape index (κ3) is 3.68. The van der Waals surface area contributed by atoms with E-state index < -0.39 is 0 Å². The van der Waals surface area contributed by atoms with Gasteiger partial charge in [-0.1, -0.05) is 73.5 Å². The number of hydrogen-bond donors (Lipinski definition) is 1. The highest BCUT2D eigenvalue weighted by Crippen LogP contribution is 2.41. The lowest BCUT2D eigenvalue weighted by Crippen LogP contribution is -2.46. The molecule has 3 nitrogen and oxygen atoms in total. The standard InChI is InChI=1S/C23H28N2O/c26-23-21-14-8-7-13-20(21)22(24-16-15-18-9-3-1-4-10-18)25(23)17-19-11-5-2-6-12-19/h1-6,9-12,20-22,24H,7-8,13-17H2/t20-,21+,22-/m0/s1. The number of amides is 1. The molecule has 2 fully saturated rings. The quantitative estimate of drug-likeness (QED) is 0.856. The van der Waals surface area contributed by atoms with Crippen molar-refractivity contribution in [3.63, 3.8) is 0 Å². The molecule has 0 spiro atoms. The van der Waals surface area contributed by atoms with Gasteiger partial charge in [-0.05, 0) is 30.4 Å². The summed E-state index contributed by atoms with van der Waals surface area (Å²) in [5.74, 6) is 1.05. The zero-order valence-electron chi connectivity index (χ0n) is 15.3. The SMILES string of the molecule is O=C1[C@@H]2CCCC[C@@H]2[C@@H](NCCc2ccccc2)N1Cc1ccccc1. The van der Waals surface area contributed by atoms with Crippen LogP contribution >= 0.6 is 0 Å². The van der Waals surface area contributed by atoms with Gasteiger partial charge in [0.25, 0.3) is 0 Å². The molecule has 2 aliphatic rings. The highest BCUT2D eigenvalue weighted by molar-refractivity contribution is 5.82. The summed E-state index contributed by atoms with van der Waals surface area (Å²) in [5.41, 5.74) is 2.56. The van der Waals surface area contributed by atoms with Crippen molar-refractivity contribution in [2.45, 2.75) is 44.8 Å². The molecule has 3 atom stereocenters. The second-order valence-electron chi connectivity index (χ2n) is 7.64. The lowest BCUT2D eigenvalue weighted by Gasteiger charge is -2.31. The van der Waals surface area contributed by atoms with Crippen LogP contribution in [0.15, 0.2) is 60.7 Å². The summed E-state index contributed by atoms with van der Waals surface area (Å²) in [6.45, 7) is 1.63. The number of carbonyl (C=O) groups excluding carboxylic acids is 1. The maximum absolute atomic E-state index is 13.1. The highest BCUT2D eigenvalue weighted by atomic mass is 16.2. The van der Waals surface area contributed by atoms with Crippen molar-refractivity contribution in [3.05, 3.63) is 71.8 Å². The molecule has 0 unspecified atom stereocenters. The second-order valence-corrected chi connectivity index (χ2v) is 7.64. The van der Waals surface area contributed by atoms with Crippen molar-refractivity contribution < 1.29 is 4.79 Å². The van der Waals surface area contributed by atoms with Crippen molar-refractivity contribution in [2.24, 2.45) is 11.8 Å². The summed E-state index contributed by atoms with van der Waals surface area (Å²) in [6.07, 6.45) is 5.86. The molecule has 1 N–H and O–H groups in total. The molecule has 1 heterocycles. The Morgan fingerprint density at radius 1 is 0.885 bits per heavy atom. The zero-order valence-corrected chi connectivity index (χ0v) is 15.3. The normalized spacial score (nSPS) is 25.3. The van der Waals surface area contributed by atoms with Crippen molar-refractivity contribution in [3.8, 4) is 0 Å². The van der Waals surface area contributed by atoms with Gasteiger partial charge in [-0.2, -0.15) is 0 Å². The van der Waals surface area contributed by atoms with E-state index in [2.05, 4.69) is 64.8 Å². The van der Waals surface area contributed by atoms with Crippen LogP contribution in [0.25, 0.3) is 0 Å². The zero-order chi connectivity index (χ0) is 17.8. The first-order valence-electron chi connectivity index (χ1n) is 9.94. The van der Waals surface area contributed by atoms with E-state index in [9.17, 15) is 4.79 Å². The van der Waals surface area contributed by atoms with Gasteiger partial charge in [0.05, 0.1) is 6.17 Å². The molecule has 2 aromatic carbocycles. The van der Waals surface area contributed by atoms with Gasteiger partial charge in [0, 0.05) is 24.9 Å². The summed E-state index contributed by atoms with van der Waals surface area (Å²) in [6, 6.07) is 21.0. The van der Waals surface area contributed by atoms with Gasteiger partial charge in [-0.25, -0.2) is 0 Å². The molecule has 26 heavy (non-hydrogen) atoms. The van der Waals surface area contributed by atoms with Crippen LogP contribution in [0.4, 0.5) is 0 Å². The Hall–Kier alpha value is -2.13. The van der Waals surface area contributed by atoms with E-state index in [1.165, 1.54) is 30.4 Å².